The highest BCUT2D eigenvalue weighted by Crippen LogP contribution is 2.23. The second-order valence-electron chi connectivity index (χ2n) is 8.11. The maximum Gasteiger partial charge on any atom is 0.339 e. The quantitative estimate of drug-likeness (QED) is 0.423. The van der Waals surface area contributed by atoms with Gasteiger partial charge in [0.25, 0.3) is 11.4 Å². The van der Waals surface area contributed by atoms with Gasteiger partial charge in [-0.3, -0.25) is 9.59 Å². The number of aromatic nitrogens is 3. The number of ether oxygens (including phenoxy) is 1. The smallest absolute Gasteiger partial charge is 0.339 e. The van der Waals surface area contributed by atoms with E-state index in [-0.39, 0.29) is 23.6 Å². The molecule has 178 valence electrons. The number of nitrogens with one attached hydrogen (secondary N) is 1. The maximum absolute atomic E-state index is 13.4. The van der Waals surface area contributed by atoms with Crippen LogP contribution in [-0.4, -0.2) is 33.7 Å². The molecule has 0 aliphatic rings. The van der Waals surface area contributed by atoms with Gasteiger partial charge in [0.15, 0.2) is 0 Å². The Kier molecular flexibility index (Phi) is 6.59. The molecule has 9 nitrogen and oxygen atoms in total. The van der Waals surface area contributed by atoms with Crippen molar-refractivity contribution in [2.75, 3.05) is 12.4 Å². The molecule has 1 amide bonds. The monoisotopic (exact) mass is 472 g/mol. The van der Waals surface area contributed by atoms with Crippen LogP contribution in [0.25, 0.3) is 22.8 Å². The fourth-order valence-corrected chi connectivity index (χ4v) is 3.74. The van der Waals surface area contributed by atoms with Crippen molar-refractivity contribution in [3.05, 3.63) is 87.3 Å². The molecular formula is C26H24N4O5. The summed E-state index contributed by atoms with van der Waals surface area (Å²) in [6.45, 7) is 5.22. The molecule has 0 radical (unpaired) electrons. The summed E-state index contributed by atoms with van der Waals surface area (Å²) in [6, 6.07) is 15.9. The number of carbonyl (C=O) groups excluding carboxylic acids is 2. The average Bonchev–Trinajstić information content (AvgIpc) is 3.31. The van der Waals surface area contributed by atoms with Gasteiger partial charge in [0, 0.05) is 11.3 Å². The minimum atomic E-state index is -0.576. The van der Waals surface area contributed by atoms with Crippen LogP contribution in [0.5, 0.6) is 0 Å². The third-order valence-electron chi connectivity index (χ3n) is 5.56. The molecule has 0 aliphatic carbocycles. The van der Waals surface area contributed by atoms with Crippen molar-refractivity contribution >= 4 is 17.6 Å². The molecular weight excluding hydrogens is 448 g/mol. The van der Waals surface area contributed by atoms with Crippen molar-refractivity contribution in [1.82, 2.24) is 14.7 Å². The van der Waals surface area contributed by atoms with Crippen LogP contribution in [0, 0.1) is 20.8 Å². The van der Waals surface area contributed by atoms with Gasteiger partial charge in [-0.2, -0.15) is 4.98 Å². The minimum Gasteiger partial charge on any atom is -0.465 e. The third kappa shape index (κ3) is 4.89. The van der Waals surface area contributed by atoms with E-state index in [2.05, 4.69) is 15.5 Å². The van der Waals surface area contributed by atoms with E-state index in [9.17, 15) is 14.4 Å². The number of methoxy groups -OCH3 is 1. The minimum absolute atomic E-state index is 0.0771. The first-order chi connectivity index (χ1) is 16.8. The number of benzene rings is 2. The normalized spacial score (nSPS) is 10.7. The van der Waals surface area contributed by atoms with Crippen LogP contribution in [0.15, 0.2) is 63.9 Å². The second-order valence-corrected chi connectivity index (χ2v) is 8.11. The molecule has 4 aromatic rings. The van der Waals surface area contributed by atoms with Gasteiger partial charge >= 0.3 is 5.97 Å². The summed E-state index contributed by atoms with van der Waals surface area (Å²) >= 11 is 0. The molecule has 0 saturated heterocycles. The first kappa shape index (κ1) is 23.6. The highest BCUT2D eigenvalue weighted by atomic mass is 16.5. The van der Waals surface area contributed by atoms with Gasteiger partial charge in [-0.15, -0.1) is 0 Å². The number of hydrogen-bond acceptors (Lipinski definition) is 7. The Balaban J connectivity index is 1.64. The van der Waals surface area contributed by atoms with Gasteiger partial charge < -0.3 is 19.1 Å². The largest absolute Gasteiger partial charge is 0.465 e. The lowest BCUT2D eigenvalue weighted by Crippen LogP contribution is -2.31. The van der Waals surface area contributed by atoms with E-state index in [1.54, 1.807) is 44.2 Å². The van der Waals surface area contributed by atoms with Crippen molar-refractivity contribution in [1.29, 1.82) is 0 Å². The Hall–Kier alpha value is -4.53. The molecule has 0 spiro atoms. The van der Waals surface area contributed by atoms with Crippen LogP contribution < -0.4 is 10.9 Å². The summed E-state index contributed by atoms with van der Waals surface area (Å²) in [7, 11) is 1.26. The second kappa shape index (κ2) is 9.76. The standard InChI is InChI=1S/C26H24N4O5/c1-15-9-11-18(12-10-15)23-28-24(35-29-23)22-16(2)13-17(3)30(25(22)32)14-21(31)27-20-8-6-5-7-19(20)26(33)34-4/h5-13H,14H2,1-4H3,(H,27,31). The van der Waals surface area contributed by atoms with Crippen LogP contribution in [0.2, 0.25) is 0 Å². The molecule has 9 heteroatoms. The highest BCUT2D eigenvalue weighted by Gasteiger charge is 2.21. The number of amides is 1. The zero-order valence-corrected chi connectivity index (χ0v) is 19.8. The van der Waals surface area contributed by atoms with Gasteiger partial charge in [0.05, 0.1) is 18.4 Å². The van der Waals surface area contributed by atoms with E-state index < -0.39 is 17.4 Å². The number of nitrogens with zero attached hydrogens (tertiary/aromatic N) is 3. The van der Waals surface area contributed by atoms with E-state index in [4.69, 9.17) is 9.26 Å². The van der Waals surface area contributed by atoms with Crippen LogP contribution in [0.4, 0.5) is 5.69 Å². The van der Waals surface area contributed by atoms with Gasteiger partial charge in [-0.05, 0) is 44.5 Å². The molecule has 2 aromatic carbocycles. The van der Waals surface area contributed by atoms with Crippen LogP contribution in [-0.2, 0) is 16.1 Å². The van der Waals surface area contributed by atoms with E-state index in [0.29, 0.717) is 22.8 Å². The SMILES string of the molecule is COC(=O)c1ccccc1NC(=O)Cn1c(C)cc(C)c(-c2nc(-c3ccc(C)cc3)no2)c1=O. The molecule has 35 heavy (non-hydrogen) atoms. The van der Waals surface area contributed by atoms with Crippen LogP contribution in [0.1, 0.15) is 27.2 Å². The summed E-state index contributed by atoms with van der Waals surface area (Å²) in [6.07, 6.45) is 0. The van der Waals surface area contributed by atoms with Crippen LogP contribution >= 0.6 is 0 Å². The first-order valence-corrected chi connectivity index (χ1v) is 10.9. The fraction of sp³-hybridized carbons (Fsp3) is 0.192. The zero-order chi connectivity index (χ0) is 25.1. The zero-order valence-electron chi connectivity index (χ0n) is 19.8. The fourth-order valence-electron chi connectivity index (χ4n) is 3.74. The Morgan fingerprint density at radius 1 is 1.06 bits per heavy atom. The summed E-state index contributed by atoms with van der Waals surface area (Å²) in [4.78, 5) is 42.6. The van der Waals surface area contributed by atoms with Crippen molar-refractivity contribution in [2.45, 2.75) is 27.3 Å². The van der Waals surface area contributed by atoms with Gasteiger partial charge in [0.2, 0.25) is 11.7 Å². The highest BCUT2D eigenvalue weighted by molar-refractivity contribution is 6.01. The Morgan fingerprint density at radius 3 is 2.49 bits per heavy atom. The summed E-state index contributed by atoms with van der Waals surface area (Å²) in [5, 5.41) is 6.70. The molecule has 4 rings (SSSR count). The van der Waals surface area contributed by atoms with Gasteiger partial charge in [0.1, 0.15) is 12.1 Å². The number of carbonyl (C=O) groups is 2. The predicted octanol–water partition coefficient (Wildman–Crippen LogP) is 3.92. The van der Waals surface area contributed by atoms with Crippen molar-refractivity contribution in [3.63, 3.8) is 0 Å². The average molecular weight is 473 g/mol. The summed E-state index contributed by atoms with van der Waals surface area (Å²) < 4.78 is 11.5. The topological polar surface area (TPSA) is 116 Å². The van der Waals surface area contributed by atoms with Crippen molar-refractivity contribution < 1.29 is 18.8 Å². The molecule has 2 heterocycles. The number of para-hydroxylation sites is 1. The molecule has 1 N–H and O–H groups in total. The number of pyridine rings is 1. The Bertz CT molecular complexity index is 1470. The van der Waals surface area contributed by atoms with Gasteiger partial charge in [-0.25, -0.2) is 4.79 Å². The number of aryl methyl sites for hydroxylation is 3. The molecule has 2 aromatic heterocycles. The lowest BCUT2D eigenvalue weighted by Gasteiger charge is -2.14. The number of hydrogen-bond donors (Lipinski definition) is 1. The Labute approximate surface area is 201 Å². The van der Waals surface area contributed by atoms with Crippen LogP contribution in [0.3, 0.4) is 0 Å². The molecule has 0 atom stereocenters. The maximum atomic E-state index is 13.4. The predicted molar refractivity (Wildman–Crippen MR) is 130 cm³/mol. The lowest BCUT2D eigenvalue weighted by atomic mass is 10.1. The van der Waals surface area contributed by atoms with E-state index in [1.807, 2.05) is 31.2 Å². The molecule has 0 aliphatic heterocycles. The number of anilines is 1. The number of rotatable bonds is 6. The van der Waals surface area contributed by atoms with Gasteiger partial charge in [-0.1, -0.05) is 47.1 Å². The van der Waals surface area contributed by atoms with Crippen molar-refractivity contribution in [2.24, 2.45) is 0 Å². The van der Waals surface area contributed by atoms with E-state index in [0.717, 1.165) is 11.1 Å². The molecule has 0 bridgehead atoms. The Morgan fingerprint density at radius 2 is 1.77 bits per heavy atom. The lowest BCUT2D eigenvalue weighted by molar-refractivity contribution is -0.116. The summed E-state index contributed by atoms with van der Waals surface area (Å²) in [5.74, 6) is -0.615. The van der Waals surface area contributed by atoms with Crippen molar-refractivity contribution in [3.8, 4) is 22.8 Å². The molecule has 0 saturated carbocycles. The van der Waals surface area contributed by atoms with E-state index in [1.165, 1.54) is 11.7 Å². The van der Waals surface area contributed by atoms with E-state index >= 15 is 0 Å². The summed E-state index contributed by atoms with van der Waals surface area (Å²) in [5.41, 5.74) is 3.41. The first-order valence-electron chi connectivity index (χ1n) is 10.9. The molecule has 0 fully saturated rings. The molecule has 0 unspecified atom stereocenters. The number of esters is 1. The third-order valence-corrected chi connectivity index (χ3v) is 5.56.